The van der Waals surface area contributed by atoms with Crippen molar-refractivity contribution in [3.8, 4) is 0 Å². The van der Waals surface area contributed by atoms with Gasteiger partial charge < -0.3 is 10.2 Å². The minimum absolute atomic E-state index is 0.0616. The molecule has 4 heteroatoms. The largest absolute Gasteiger partial charge is 0.305 e. The summed E-state index contributed by atoms with van der Waals surface area (Å²) >= 11 is 1.80. The fraction of sp³-hybridized carbons (Fsp3) is 0.500. The maximum Gasteiger partial charge on any atom is 0.181 e. The molecule has 0 amide bonds. The molecule has 1 heterocycles. The van der Waals surface area contributed by atoms with Crippen molar-refractivity contribution in [2.45, 2.75) is 17.9 Å². The predicted molar refractivity (Wildman–Crippen MR) is 76.5 cm³/mol. The van der Waals surface area contributed by atoms with Crippen LogP contribution in [0.5, 0.6) is 0 Å². The van der Waals surface area contributed by atoms with Crippen molar-refractivity contribution in [3.05, 3.63) is 29.8 Å². The lowest BCUT2D eigenvalue weighted by molar-refractivity contribution is 0.0894. The van der Waals surface area contributed by atoms with Gasteiger partial charge in [0.25, 0.3) is 0 Å². The fourth-order valence-electron chi connectivity index (χ4n) is 2.16. The van der Waals surface area contributed by atoms with Gasteiger partial charge in [0.1, 0.15) is 0 Å². The highest BCUT2D eigenvalue weighted by Gasteiger charge is 2.24. The van der Waals surface area contributed by atoms with Crippen LogP contribution in [0.15, 0.2) is 29.2 Å². The highest BCUT2D eigenvalue weighted by molar-refractivity contribution is 7.99. The third-order valence-corrected chi connectivity index (χ3v) is 4.04. The average molecular weight is 264 g/mol. The Hall–Kier alpha value is -0.840. The van der Waals surface area contributed by atoms with Crippen molar-refractivity contribution in [1.82, 2.24) is 10.2 Å². The van der Waals surface area contributed by atoms with Crippen molar-refractivity contribution in [3.63, 3.8) is 0 Å². The summed E-state index contributed by atoms with van der Waals surface area (Å²) in [4.78, 5) is 15.7. The number of carbonyl (C=O) groups is 1. The van der Waals surface area contributed by atoms with Crippen LogP contribution in [0.2, 0.25) is 0 Å². The van der Waals surface area contributed by atoms with Crippen molar-refractivity contribution in [1.29, 1.82) is 0 Å². The van der Waals surface area contributed by atoms with Crippen LogP contribution in [-0.2, 0) is 0 Å². The maximum absolute atomic E-state index is 12.3. The molecule has 18 heavy (non-hydrogen) atoms. The molecule has 1 unspecified atom stereocenters. The number of rotatable bonds is 4. The first-order valence-electron chi connectivity index (χ1n) is 6.39. The molecule has 1 fully saturated rings. The van der Waals surface area contributed by atoms with Gasteiger partial charge in [0.15, 0.2) is 5.78 Å². The molecule has 0 bridgehead atoms. The van der Waals surface area contributed by atoms with Gasteiger partial charge >= 0.3 is 0 Å². The Kier molecular flexibility index (Phi) is 4.80. The molecule has 0 aromatic heterocycles. The van der Waals surface area contributed by atoms with Crippen LogP contribution in [0, 0.1) is 0 Å². The summed E-state index contributed by atoms with van der Waals surface area (Å²) in [6.07, 6.45) is 0. The Morgan fingerprint density at radius 1 is 1.44 bits per heavy atom. The number of Topliss-reactive ketones (excluding diaryl/α,β-unsaturated/α-hetero) is 1. The Bertz CT molecular complexity index is 405. The molecule has 1 N–H and O–H groups in total. The first-order chi connectivity index (χ1) is 8.70. The highest BCUT2D eigenvalue weighted by atomic mass is 32.2. The lowest BCUT2D eigenvalue weighted by Crippen LogP contribution is -2.52. The number of ketones is 1. The summed E-state index contributed by atoms with van der Waals surface area (Å²) in [5.41, 5.74) is 0.809. The Balaban J connectivity index is 2.03. The van der Waals surface area contributed by atoms with E-state index < -0.39 is 0 Å². The standard InChI is InChI=1S/C14H20N2OS/c1-3-18-12-6-4-11(5-7-12)14(17)13-10-16(2)9-8-15-13/h4-7,13,15H,3,8-10H2,1-2H3. The number of likely N-dealkylation sites (N-methyl/N-ethyl adjacent to an activating group) is 1. The molecule has 0 saturated carbocycles. The van der Waals surface area contributed by atoms with E-state index in [0.29, 0.717) is 0 Å². The quantitative estimate of drug-likeness (QED) is 0.665. The van der Waals surface area contributed by atoms with E-state index in [2.05, 4.69) is 24.2 Å². The second-order valence-corrected chi connectivity index (χ2v) is 5.93. The van der Waals surface area contributed by atoms with E-state index in [1.54, 1.807) is 11.8 Å². The summed E-state index contributed by atoms with van der Waals surface area (Å²) in [6, 6.07) is 7.89. The second-order valence-electron chi connectivity index (χ2n) is 4.59. The number of hydrogen-bond acceptors (Lipinski definition) is 4. The van der Waals surface area contributed by atoms with E-state index in [1.165, 1.54) is 4.90 Å². The molecule has 1 aromatic carbocycles. The zero-order valence-corrected chi connectivity index (χ0v) is 11.8. The van der Waals surface area contributed by atoms with Gasteiger partial charge in [-0.2, -0.15) is 0 Å². The van der Waals surface area contributed by atoms with Gasteiger partial charge in [-0.1, -0.05) is 19.1 Å². The van der Waals surface area contributed by atoms with Crippen molar-refractivity contribution < 1.29 is 4.79 Å². The number of nitrogens with zero attached hydrogens (tertiary/aromatic N) is 1. The number of hydrogen-bond donors (Lipinski definition) is 1. The Morgan fingerprint density at radius 2 is 2.17 bits per heavy atom. The van der Waals surface area contributed by atoms with Crippen molar-refractivity contribution in [2.24, 2.45) is 0 Å². The van der Waals surface area contributed by atoms with Gasteiger partial charge in [-0.25, -0.2) is 0 Å². The zero-order valence-electron chi connectivity index (χ0n) is 11.0. The van der Waals surface area contributed by atoms with Gasteiger partial charge in [0, 0.05) is 30.1 Å². The molecule has 1 saturated heterocycles. The highest BCUT2D eigenvalue weighted by Crippen LogP contribution is 2.18. The minimum Gasteiger partial charge on any atom is -0.305 e. The van der Waals surface area contributed by atoms with E-state index in [4.69, 9.17) is 0 Å². The second kappa shape index (κ2) is 6.36. The van der Waals surface area contributed by atoms with Crippen LogP contribution in [-0.4, -0.2) is 49.2 Å². The maximum atomic E-state index is 12.3. The average Bonchev–Trinajstić information content (AvgIpc) is 2.39. The van der Waals surface area contributed by atoms with Gasteiger partial charge in [-0.15, -0.1) is 11.8 Å². The Morgan fingerprint density at radius 3 is 2.78 bits per heavy atom. The van der Waals surface area contributed by atoms with E-state index in [1.807, 2.05) is 24.3 Å². The minimum atomic E-state index is -0.0616. The van der Waals surface area contributed by atoms with Crippen LogP contribution in [0.3, 0.4) is 0 Å². The summed E-state index contributed by atoms with van der Waals surface area (Å²) in [7, 11) is 2.06. The molecule has 98 valence electrons. The Labute approximate surface area is 113 Å². The van der Waals surface area contributed by atoms with E-state index >= 15 is 0 Å². The SMILES string of the molecule is CCSc1ccc(C(=O)C2CN(C)CCN2)cc1. The molecule has 2 rings (SSSR count). The molecule has 1 aliphatic heterocycles. The van der Waals surface area contributed by atoms with Gasteiger partial charge in [0.2, 0.25) is 0 Å². The van der Waals surface area contributed by atoms with E-state index in [9.17, 15) is 4.79 Å². The molecule has 1 aliphatic rings. The molecular weight excluding hydrogens is 244 g/mol. The monoisotopic (exact) mass is 264 g/mol. The number of nitrogens with one attached hydrogen (secondary N) is 1. The molecule has 1 atom stereocenters. The summed E-state index contributed by atoms with van der Waals surface area (Å²) < 4.78 is 0. The van der Waals surface area contributed by atoms with Crippen LogP contribution in [0.1, 0.15) is 17.3 Å². The van der Waals surface area contributed by atoms with Crippen molar-refractivity contribution in [2.75, 3.05) is 32.4 Å². The molecule has 0 aliphatic carbocycles. The third kappa shape index (κ3) is 3.34. The summed E-state index contributed by atoms with van der Waals surface area (Å²) in [5, 5.41) is 3.29. The molecule has 1 aromatic rings. The number of carbonyl (C=O) groups excluding carboxylic acids is 1. The zero-order chi connectivity index (χ0) is 13.0. The molecule has 0 spiro atoms. The number of thioether (sulfide) groups is 1. The van der Waals surface area contributed by atoms with Gasteiger partial charge in [-0.05, 0) is 24.9 Å². The topological polar surface area (TPSA) is 32.3 Å². The lowest BCUT2D eigenvalue weighted by Gasteiger charge is -2.29. The smallest absolute Gasteiger partial charge is 0.181 e. The third-order valence-electron chi connectivity index (χ3n) is 3.14. The molecular formula is C14H20N2OS. The van der Waals surface area contributed by atoms with Crippen molar-refractivity contribution >= 4 is 17.5 Å². The van der Waals surface area contributed by atoms with Gasteiger partial charge in [0.05, 0.1) is 6.04 Å². The van der Waals surface area contributed by atoms with Crippen LogP contribution in [0.4, 0.5) is 0 Å². The summed E-state index contributed by atoms with van der Waals surface area (Å²) in [5.74, 6) is 1.26. The van der Waals surface area contributed by atoms with E-state index in [0.717, 1.165) is 31.0 Å². The normalized spacial score (nSPS) is 20.9. The predicted octanol–water partition coefficient (Wildman–Crippen LogP) is 1.88. The van der Waals surface area contributed by atoms with E-state index in [-0.39, 0.29) is 11.8 Å². The van der Waals surface area contributed by atoms with Crippen LogP contribution >= 0.6 is 11.8 Å². The van der Waals surface area contributed by atoms with Crippen LogP contribution in [0.25, 0.3) is 0 Å². The number of piperazine rings is 1. The molecule has 3 nitrogen and oxygen atoms in total. The van der Waals surface area contributed by atoms with Gasteiger partial charge in [-0.3, -0.25) is 4.79 Å². The fourth-order valence-corrected chi connectivity index (χ4v) is 2.82. The number of benzene rings is 1. The summed E-state index contributed by atoms with van der Waals surface area (Å²) in [6.45, 7) is 4.82. The lowest BCUT2D eigenvalue weighted by atomic mass is 10.0. The van der Waals surface area contributed by atoms with Crippen LogP contribution < -0.4 is 5.32 Å². The molecule has 0 radical (unpaired) electrons. The first kappa shape index (κ1) is 13.6. The first-order valence-corrected chi connectivity index (χ1v) is 7.38.